The summed E-state index contributed by atoms with van der Waals surface area (Å²) >= 11 is 3.19. The zero-order valence-corrected chi connectivity index (χ0v) is 9.63. The molecule has 0 atom stereocenters. The van der Waals surface area contributed by atoms with Gasteiger partial charge in [0.2, 0.25) is 0 Å². The van der Waals surface area contributed by atoms with Crippen molar-refractivity contribution < 1.29 is 8.78 Å². The number of hydrogen-bond acceptors (Lipinski definition) is 2. The molecule has 0 aliphatic carbocycles. The van der Waals surface area contributed by atoms with Gasteiger partial charge in [-0.15, -0.1) is 10.2 Å². The van der Waals surface area contributed by atoms with Crippen molar-refractivity contribution >= 4 is 15.9 Å². The lowest BCUT2D eigenvalue weighted by Crippen LogP contribution is -2.11. The summed E-state index contributed by atoms with van der Waals surface area (Å²) in [6, 6.07) is 0. The Bertz CT molecular complexity index is 299. The highest BCUT2D eigenvalue weighted by atomic mass is 79.9. The van der Waals surface area contributed by atoms with E-state index in [1.807, 2.05) is 13.8 Å². The molecule has 14 heavy (non-hydrogen) atoms. The van der Waals surface area contributed by atoms with Crippen molar-refractivity contribution in [2.45, 2.75) is 32.1 Å². The fourth-order valence-corrected chi connectivity index (χ4v) is 1.59. The van der Waals surface area contributed by atoms with Crippen molar-refractivity contribution in [1.82, 2.24) is 14.8 Å². The molecule has 0 aliphatic heterocycles. The second kappa shape index (κ2) is 4.82. The highest BCUT2D eigenvalue weighted by molar-refractivity contribution is 9.08. The van der Waals surface area contributed by atoms with Crippen LogP contribution >= 0.6 is 15.9 Å². The molecule has 0 aliphatic rings. The van der Waals surface area contributed by atoms with E-state index >= 15 is 0 Å². The molecular formula is C8H12BrF2N3. The predicted molar refractivity (Wildman–Crippen MR) is 52.4 cm³/mol. The van der Waals surface area contributed by atoms with E-state index in [0.717, 1.165) is 0 Å². The zero-order chi connectivity index (χ0) is 10.7. The van der Waals surface area contributed by atoms with Crippen LogP contribution in [0, 0.1) is 5.92 Å². The minimum absolute atomic E-state index is 0.242. The van der Waals surface area contributed by atoms with Crippen LogP contribution in [0.2, 0.25) is 0 Å². The SMILES string of the molecule is CC(C)Cn1c(CBr)nnc1C(F)F. The van der Waals surface area contributed by atoms with E-state index in [2.05, 4.69) is 26.1 Å². The summed E-state index contributed by atoms with van der Waals surface area (Å²) in [6.45, 7) is 4.45. The zero-order valence-electron chi connectivity index (χ0n) is 8.04. The van der Waals surface area contributed by atoms with Crippen LogP contribution in [-0.4, -0.2) is 14.8 Å². The van der Waals surface area contributed by atoms with Crippen molar-refractivity contribution in [2.24, 2.45) is 5.92 Å². The van der Waals surface area contributed by atoms with Crippen LogP contribution in [0.25, 0.3) is 0 Å². The smallest absolute Gasteiger partial charge is 0.297 e. The molecule has 3 nitrogen and oxygen atoms in total. The molecule has 0 bridgehead atoms. The molecule has 80 valence electrons. The Labute approximate surface area is 89.6 Å². The molecular weight excluding hydrogens is 256 g/mol. The van der Waals surface area contributed by atoms with Crippen LogP contribution < -0.4 is 0 Å². The van der Waals surface area contributed by atoms with Crippen molar-refractivity contribution in [3.63, 3.8) is 0 Å². The third kappa shape index (κ3) is 2.50. The van der Waals surface area contributed by atoms with E-state index in [1.54, 1.807) is 0 Å². The lowest BCUT2D eigenvalue weighted by Gasteiger charge is -2.10. The van der Waals surface area contributed by atoms with Crippen LogP contribution in [-0.2, 0) is 11.9 Å². The average Bonchev–Trinajstić information content (AvgIpc) is 2.46. The fourth-order valence-electron chi connectivity index (χ4n) is 1.17. The highest BCUT2D eigenvalue weighted by Gasteiger charge is 2.19. The van der Waals surface area contributed by atoms with Crippen molar-refractivity contribution in [3.05, 3.63) is 11.6 Å². The molecule has 1 aromatic rings. The molecule has 0 saturated heterocycles. The second-order valence-electron chi connectivity index (χ2n) is 3.41. The maximum absolute atomic E-state index is 12.5. The quantitative estimate of drug-likeness (QED) is 0.786. The van der Waals surface area contributed by atoms with Crippen LogP contribution in [0.5, 0.6) is 0 Å². The molecule has 0 aromatic carbocycles. The van der Waals surface area contributed by atoms with E-state index in [0.29, 0.717) is 23.6 Å². The van der Waals surface area contributed by atoms with Gasteiger partial charge in [0, 0.05) is 6.54 Å². The Balaban J connectivity index is 3.00. The third-order valence-corrected chi connectivity index (χ3v) is 2.22. The standard InChI is InChI=1S/C8H12BrF2N3/c1-5(2)4-14-6(3-9)12-13-8(14)7(10)11/h5,7H,3-4H2,1-2H3. The first-order valence-corrected chi connectivity index (χ1v) is 5.44. The first-order valence-electron chi connectivity index (χ1n) is 4.32. The minimum atomic E-state index is -2.56. The molecule has 1 rings (SSSR count). The summed E-state index contributed by atoms with van der Waals surface area (Å²) in [5, 5.41) is 7.61. The number of hydrogen-bond donors (Lipinski definition) is 0. The van der Waals surface area contributed by atoms with Gasteiger partial charge in [0.25, 0.3) is 6.43 Å². The molecule has 0 unspecified atom stereocenters. The molecule has 0 saturated carbocycles. The Morgan fingerprint density at radius 1 is 1.36 bits per heavy atom. The van der Waals surface area contributed by atoms with Crippen molar-refractivity contribution in [3.8, 4) is 0 Å². The number of nitrogens with zero attached hydrogens (tertiary/aromatic N) is 3. The van der Waals surface area contributed by atoms with Gasteiger partial charge in [-0.1, -0.05) is 29.8 Å². The summed E-state index contributed by atoms with van der Waals surface area (Å²) < 4.78 is 26.5. The van der Waals surface area contributed by atoms with Gasteiger partial charge in [-0.3, -0.25) is 0 Å². The molecule has 0 spiro atoms. The van der Waals surface area contributed by atoms with E-state index in [4.69, 9.17) is 0 Å². The van der Waals surface area contributed by atoms with Gasteiger partial charge in [0.05, 0.1) is 5.33 Å². The van der Waals surface area contributed by atoms with Gasteiger partial charge in [-0.2, -0.15) is 0 Å². The molecule has 0 N–H and O–H groups in total. The minimum Gasteiger partial charge on any atom is -0.309 e. The molecule has 0 amide bonds. The van der Waals surface area contributed by atoms with Crippen LogP contribution in [0.1, 0.15) is 31.9 Å². The lowest BCUT2D eigenvalue weighted by molar-refractivity contribution is 0.133. The van der Waals surface area contributed by atoms with Gasteiger partial charge in [-0.25, -0.2) is 8.78 Å². The topological polar surface area (TPSA) is 30.7 Å². The maximum atomic E-state index is 12.5. The van der Waals surface area contributed by atoms with Crippen molar-refractivity contribution in [1.29, 1.82) is 0 Å². The van der Waals surface area contributed by atoms with Crippen LogP contribution in [0.3, 0.4) is 0 Å². The fraction of sp³-hybridized carbons (Fsp3) is 0.750. The number of alkyl halides is 3. The average molecular weight is 268 g/mol. The second-order valence-corrected chi connectivity index (χ2v) is 3.97. The van der Waals surface area contributed by atoms with Crippen LogP contribution in [0.15, 0.2) is 0 Å². The number of halogens is 3. The molecule has 1 heterocycles. The van der Waals surface area contributed by atoms with Gasteiger partial charge in [-0.05, 0) is 5.92 Å². The lowest BCUT2D eigenvalue weighted by atomic mass is 10.2. The Kier molecular flexibility index (Phi) is 3.97. The van der Waals surface area contributed by atoms with Crippen molar-refractivity contribution in [2.75, 3.05) is 0 Å². The van der Waals surface area contributed by atoms with E-state index in [1.165, 1.54) is 4.57 Å². The van der Waals surface area contributed by atoms with E-state index in [9.17, 15) is 8.78 Å². The monoisotopic (exact) mass is 267 g/mol. The van der Waals surface area contributed by atoms with E-state index in [-0.39, 0.29) is 5.82 Å². The van der Waals surface area contributed by atoms with Gasteiger partial charge < -0.3 is 4.57 Å². The third-order valence-electron chi connectivity index (χ3n) is 1.72. The van der Waals surface area contributed by atoms with Gasteiger partial charge in [0.1, 0.15) is 5.82 Å². The van der Waals surface area contributed by atoms with Gasteiger partial charge in [0.15, 0.2) is 5.82 Å². The Hall–Kier alpha value is -0.520. The largest absolute Gasteiger partial charge is 0.309 e. The molecule has 0 radical (unpaired) electrons. The Morgan fingerprint density at radius 3 is 2.43 bits per heavy atom. The van der Waals surface area contributed by atoms with Crippen LogP contribution in [0.4, 0.5) is 8.78 Å². The summed E-state index contributed by atoms with van der Waals surface area (Å²) in [6.07, 6.45) is -2.56. The molecule has 1 aromatic heterocycles. The van der Waals surface area contributed by atoms with E-state index < -0.39 is 6.43 Å². The first-order chi connectivity index (χ1) is 6.56. The Morgan fingerprint density at radius 2 is 2.00 bits per heavy atom. The summed E-state index contributed by atoms with van der Waals surface area (Å²) in [7, 11) is 0. The maximum Gasteiger partial charge on any atom is 0.297 e. The summed E-state index contributed by atoms with van der Waals surface area (Å²) in [5.41, 5.74) is 0. The normalized spacial score (nSPS) is 11.6. The molecule has 0 fully saturated rings. The highest BCUT2D eigenvalue weighted by Crippen LogP contribution is 2.19. The molecule has 6 heteroatoms. The van der Waals surface area contributed by atoms with Gasteiger partial charge >= 0.3 is 0 Å². The first kappa shape index (κ1) is 11.6. The number of aromatic nitrogens is 3. The predicted octanol–water partition coefficient (Wildman–Crippen LogP) is 2.77. The summed E-state index contributed by atoms with van der Waals surface area (Å²) in [4.78, 5) is 0. The number of rotatable bonds is 4. The summed E-state index contributed by atoms with van der Waals surface area (Å²) in [5.74, 6) is 0.600.